The third kappa shape index (κ3) is 6.23. The van der Waals surface area contributed by atoms with Gasteiger partial charge in [-0.15, -0.1) is 0 Å². The van der Waals surface area contributed by atoms with E-state index in [1.807, 2.05) is 0 Å². The predicted octanol–water partition coefficient (Wildman–Crippen LogP) is 0.511. The lowest BCUT2D eigenvalue weighted by Crippen LogP contribution is -2.51. The number of sulfonamides is 2. The minimum Gasteiger partial charge on any atom is -0.394 e. The van der Waals surface area contributed by atoms with Crippen LogP contribution in [0.1, 0.15) is 31.7 Å². The summed E-state index contributed by atoms with van der Waals surface area (Å²) in [6.07, 6.45) is 0.631. The van der Waals surface area contributed by atoms with E-state index < -0.39 is 32.2 Å². The van der Waals surface area contributed by atoms with Crippen molar-refractivity contribution >= 4 is 20.0 Å². The molecule has 1 aromatic rings. The molecule has 3 atom stereocenters. The lowest BCUT2D eigenvalue weighted by molar-refractivity contribution is -0.0869. The van der Waals surface area contributed by atoms with Crippen LogP contribution in [0, 0.1) is 6.92 Å². The number of aliphatic hydroxyl groups is 1. The van der Waals surface area contributed by atoms with Crippen LogP contribution in [-0.4, -0.2) is 59.1 Å². The van der Waals surface area contributed by atoms with Gasteiger partial charge in [0.05, 0.1) is 35.5 Å². The summed E-state index contributed by atoms with van der Waals surface area (Å²) in [6, 6.07) is 6.16. The standard InChI is InChI=1S/C17H28N2O6S2/c1-3-26(21,22)18-11-10-14-8-9-15(16(12-20)25-14)19-27(23,24)17-7-5-4-6-13(17)2/h4-7,14-16,18-20H,3,8-12H2,1-2H3/t14-,15+,16-/m0/s1. The van der Waals surface area contributed by atoms with E-state index in [0.717, 1.165) is 0 Å². The van der Waals surface area contributed by atoms with Gasteiger partial charge in [0.15, 0.2) is 0 Å². The largest absolute Gasteiger partial charge is 0.394 e. The van der Waals surface area contributed by atoms with E-state index >= 15 is 0 Å². The van der Waals surface area contributed by atoms with Crippen LogP contribution in [0.15, 0.2) is 29.2 Å². The quantitative estimate of drug-likeness (QED) is 0.535. The molecule has 0 aliphatic carbocycles. The second kappa shape index (κ2) is 9.44. The third-order valence-electron chi connectivity index (χ3n) is 4.65. The van der Waals surface area contributed by atoms with Crippen molar-refractivity contribution in [2.75, 3.05) is 18.9 Å². The van der Waals surface area contributed by atoms with Crippen molar-refractivity contribution in [3.63, 3.8) is 0 Å². The van der Waals surface area contributed by atoms with Crippen molar-refractivity contribution in [1.29, 1.82) is 0 Å². The second-order valence-corrected chi connectivity index (χ2v) is 10.4. The molecule has 1 fully saturated rings. The van der Waals surface area contributed by atoms with E-state index in [0.29, 0.717) is 24.8 Å². The van der Waals surface area contributed by atoms with E-state index in [9.17, 15) is 21.9 Å². The Balaban J connectivity index is 1.96. The number of aliphatic hydroxyl groups excluding tert-OH is 1. The molecule has 154 valence electrons. The molecule has 1 heterocycles. The highest BCUT2D eigenvalue weighted by molar-refractivity contribution is 7.89. The van der Waals surface area contributed by atoms with Gasteiger partial charge >= 0.3 is 0 Å². The van der Waals surface area contributed by atoms with Crippen molar-refractivity contribution in [3.05, 3.63) is 29.8 Å². The number of ether oxygens (including phenoxy) is 1. The average Bonchev–Trinajstić information content (AvgIpc) is 2.62. The molecule has 0 bridgehead atoms. The van der Waals surface area contributed by atoms with Gasteiger partial charge in [-0.25, -0.2) is 26.3 Å². The van der Waals surface area contributed by atoms with Crippen LogP contribution in [0.25, 0.3) is 0 Å². The maximum Gasteiger partial charge on any atom is 0.241 e. The van der Waals surface area contributed by atoms with Crippen molar-refractivity contribution in [1.82, 2.24) is 9.44 Å². The van der Waals surface area contributed by atoms with Crippen molar-refractivity contribution < 1.29 is 26.7 Å². The fraction of sp³-hybridized carbons (Fsp3) is 0.647. The Labute approximate surface area is 161 Å². The molecular weight excluding hydrogens is 392 g/mol. The van der Waals surface area contributed by atoms with Gasteiger partial charge in [0.2, 0.25) is 20.0 Å². The Morgan fingerprint density at radius 1 is 1.19 bits per heavy atom. The topological polar surface area (TPSA) is 122 Å². The highest BCUT2D eigenvalue weighted by Gasteiger charge is 2.34. The van der Waals surface area contributed by atoms with Gasteiger partial charge in [-0.05, 0) is 44.7 Å². The van der Waals surface area contributed by atoms with Gasteiger partial charge in [0.1, 0.15) is 0 Å². The van der Waals surface area contributed by atoms with Gasteiger partial charge < -0.3 is 9.84 Å². The molecule has 8 nitrogen and oxygen atoms in total. The molecule has 10 heteroatoms. The molecule has 1 aliphatic rings. The summed E-state index contributed by atoms with van der Waals surface area (Å²) in [5, 5.41) is 9.62. The first-order valence-corrected chi connectivity index (χ1v) is 12.1. The Morgan fingerprint density at radius 3 is 2.52 bits per heavy atom. The zero-order valence-corrected chi connectivity index (χ0v) is 17.2. The molecule has 0 saturated carbocycles. The SMILES string of the molecule is CCS(=O)(=O)NCC[C@@H]1CC[C@@H](NS(=O)(=O)c2ccccc2C)[C@H](CO)O1. The number of hydrogen-bond donors (Lipinski definition) is 3. The van der Waals surface area contributed by atoms with Crippen molar-refractivity contribution in [3.8, 4) is 0 Å². The van der Waals surface area contributed by atoms with Crippen LogP contribution in [0.3, 0.4) is 0 Å². The van der Waals surface area contributed by atoms with E-state index in [-0.39, 0.29) is 29.9 Å². The van der Waals surface area contributed by atoms with Crippen molar-refractivity contribution in [2.45, 2.75) is 56.3 Å². The molecule has 0 amide bonds. The van der Waals surface area contributed by atoms with Crippen LogP contribution < -0.4 is 9.44 Å². The Morgan fingerprint density at radius 2 is 1.89 bits per heavy atom. The molecule has 0 aromatic heterocycles. The zero-order valence-electron chi connectivity index (χ0n) is 15.6. The highest BCUT2D eigenvalue weighted by atomic mass is 32.2. The molecule has 0 unspecified atom stereocenters. The first kappa shape index (κ1) is 22.3. The smallest absolute Gasteiger partial charge is 0.241 e. The summed E-state index contributed by atoms with van der Waals surface area (Å²) in [5.41, 5.74) is 0.642. The van der Waals surface area contributed by atoms with Crippen LogP contribution in [0.4, 0.5) is 0 Å². The Hall–Kier alpha value is -1.04. The minimum atomic E-state index is -3.72. The lowest BCUT2D eigenvalue weighted by Gasteiger charge is -2.36. The zero-order chi connectivity index (χ0) is 20.1. The third-order valence-corrected chi connectivity index (χ3v) is 7.71. The van der Waals surface area contributed by atoms with Crippen LogP contribution in [-0.2, 0) is 24.8 Å². The molecule has 1 aliphatic heterocycles. The predicted molar refractivity (Wildman–Crippen MR) is 102 cm³/mol. The fourth-order valence-corrected chi connectivity index (χ4v) is 5.25. The molecule has 0 radical (unpaired) electrons. The van der Waals surface area contributed by atoms with Gasteiger partial charge in [-0.1, -0.05) is 18.2 Å². The summed E-state index contributed by atoms with van der Waals surface area (Å²) in [4.78, 5) is 0.206. The van der Waals surface area contributed by atoms with Crippen LogP contribution in [0.2, 0.25) is 0 Å². The molecule has 3 N–H and O–H groups in total. The normalized spacial score (nSPS) is 24.0. The van der Waals surface area contributed by atoms with Crippen molar-refractivity contribution in [2.24, 2.45) is 0 Å². The summed E-state index contributed by atoms with van der Waals surface area (Å²) in [7, 11) is -6.98. The van der Waals surface area contributed by atoms with Crippen LogP contribution in [0.5, 0.6) is 0 Å². The Kier molecular flexibility index (Phi) is 7.78. The second-order valence-electron chi connectivity index (χ2n) is 6.64. The van der Waals surface area contributed by atoms with Crippen LogP contribution >= 0.6 is 0 Å². The average molecular weight is 421 g/mol. The first-order chi connectivity index (χ1) is 12.7. The molecular formula is C17H28N2O6S2. The monoisotopic (exact) mass is 420 g/mol. The van der Waals surface area contributed by atoms with E-state index in [4.69, 9.17) is 4.74 Å². The highest BCUT2D eigenvalue weighted by Crippen LogP contribution is 2.24. The van der Waals surface area contributed by atoms with Gasteiger partial charge in [0, 0.05) is 6.54 Å². The number of hydrogen-bond acceptors (Lipinski definition) is 6. The summed E-state index contributed by atoms with van der Waals surface area (Å²) in [5.74, 6) is 0.0144. The molecule has 0 spiro atoms. The molecule has 2 rings (SSSR count). The maximum absolute atomic E-state index is 12.7. The Bertz CT molecular complexity index is 826. The number of benzene rings is 1. The maximum atomic E-state index is 12.7. The minimum absolute atomic E-state index is 0.0144. The number of aryl methyl sites for hydroxylation is 1. The fourth-order valence-electron chi connectivity index (χ4n) is 3.08. The van der Waals surface area contributed by atoms with E-state index in [2.05, 4.69) is 9.44 Å². The first-order valence-electron chi connectivity index (χ1n) is 9.00. The van der Waals surface area contributed by atoms with Gasteiger partial charge in [0.25, 0.3) is 0 Å². The molecule has 1 saturated heterocycles. The summed E-state index contributed by atoms with van der Waals surface area (Å²) in [6.45, 7) is 3.21. The number of rotatable bonds is 9. The number of nitrogens with one attached hydrogen (secondary N) is 2. The van der Waals surface area contributed by atoms with E-state index in [1.54, 1.807) is 32.0 Å². The summed E-state index contributed by atoms with van der Waals surface area (Å²) >= 11 is 0. The van der Waals surface area contributed by atoms with E-state index in [1.165, 1.54) is 6.07 Å². The lowest BCUT2D eigenvalue weighted by atomic mass is 9.98. The summed E-state index contributed by atoms with van der Waals surface area (Å²) < 4.78 is 59.2. The van der Waals surface area contributed by atoms with Gasteiger partial charge in [-0.2, -0.15) is 0 Å². The molecule has 27 heavy (non-hydrogen) atoms. The molecule has 1 aromatic carbocycles. The van der Waals surface area contributed by atoms with Gasteiger partial charge in [-0.3, -0.25) is 0 Å².